The van der Waals surface area contributed by atoms with Crippen molar-refractivity contribution in [2.45, 2.75) is 0 Å². The third kappa shape index (κ3) is 5.13. The van der Waals surface area contributed by atoms with Gasteiger partial charge >= 0.3 is 0 Å². The first-order chi connectivity index (χ1) is 22.2. The van der Waals surface area contributed by atoms with Gasteiger partial charge in [-0.3, -0.25) is 4.79 Å². The van der Waals surface area contributed by atoms with Gasteiger partial charge in [0, 0.05) is 0 Å². The van der Waals surface area contributed by atoms with Crippen molar-refractivity contribution in [3.8, 4) is 55.6 Å². The molecule has 0 amide bonds. The van der Waals surface area contributed by atoms with E-state index in [1.165, 1.54) is 22.3 Å². The van der Waals surface area contributed by atoms with Gasteiger partial charge in [0.15, 0.2) is 0 Å². The third-order valence-electron chi connectivity index (χ3n) is 8.45. The van der Waals surface area contributed by atoms with Crippen LogP contribution < -0.4 is 5.43 Å². The van der Waals surface area contributed by atoms with Crippen LogP contribution in [0.25, 0.3) is 77.6 Å². The molecule has 0 N–H and O–H groups in total. The minimum Gasteiger partial charge on any atom is -0.456 e. The topological polar surface area (TPSA) is 30.2 Å². The molecule has 0 aliphatic carbocycles. The van der Waals surface area contributed by atoms with Gasteiger partial charge in [-0.25, -0.2) is 0 Å². The first-order valence-electron chi connectivity index (χ1n) is 15.1. The summed E-state index contributed by atoms with van der Waals surface area (Å²) in [5.74, 6) is 0. The maximum absolute atomic E-state index is 13.8. The van der Waals surface area contributed by atoms with Gasteiger partial charge in [-0.2, -0.15) is 0 Å². The summed E-state index contributed by atoms with van der Waals surface area (Å²) in [6, 6.07) is 58.1. The lowest BCUT2D eigenvalue weighted by atomic mass is 9.92. The quantitative estimate of drug-likeness (QED) is 0.191. The molecule has 2 heteroatoms. The number of benzene rings is 7. The van der Waals surface area contributed by atoms with Gasteiger partial charge in [-0.05, 0) is 104 Å². The SMILES string of the molecule is O=c1c2cc(-c3ccccc3)ccc2oc2ccc(-c3cccc(-c4cc(-c5ccccc5)cc(-c5ccccc5)c4)c3)cc12. The Hall–Kier alpha value is -5.99. The molecule has 7 aromatic carbocycles. The summed E-state index contributed by atoms with van der Waals surface area (Å²) in [7, 11) is 0. The van der Waals surface area contributed by atoms with E-state index in [1.807, 2.05) is 78.9 Å². The molecule has 0 radical (unpaired) electrons. The van der Waals surface area contributed by atoms with Crippen LogP contribution in [0.4, 0.5) is 0 Å². The molecule has 8 aromatic rings. The third-order valence-corrected chi connectivity index (χ3v) is 8.45. The highest BCUT2D eigenvalue weighted by Gasteiger charge is 2.12. The van der Waals surface area contributed by atoms with Crippen LogP contribution in [0.5, 0.6) is 0 Å². The fourth-order valence-electron chi connectivity index (χ4n) is 6.11. The monoisotopic (exact) mass is 576 g/mol. The zero-order valence-electron chi connectivity index (χ0n) is 24.5. The average molecular weight is 577 g/mol. The number of hydrogen-bond acceptors (Lipinski definition) is 2. The van der Waals surface area contributed by atoms with Gasteiger partial charge in [0.05, 0.1) is 10.8 Å². The molecule has 2 nitrogen and oxygen atoms in total. The van der Waals surface area contributed by atoms with Gasteiger partial charge in [-0.1, -0.05) is 121 Å². The highest BCUT2D eigenvalue weighted by Crippen LogP contribution is 2.35. The molecule has 45 heavy (non-hydrogen) atoms. The molecule has 0 aliphatic rings. The molecule has 0 bridgehead atoms. The highest BCUT2D eigenvalue weighted by molar-refractivity contribution is 5.94. The predicted molar refractivity (Wildman–Crippen MR) is 187 cm³/mol. The summed E-state index contributed by atoms with van der Waals surface area (Å²) < 4.78 is 6.21. The fourth-order valence-corrected chi connectivity index (χ4v) is 6.11. The summed E-state index contributed by atoms with van der Waals surface area (Å²) in [6.07, 6.45) is 0. The van der Waals surface area contributed by atoms with E-state index in [2.05, 4.69) is 91.0 Å². The van der Waals surface area contributed by atoms with E-state index in [4.69, 9.17) is 4.42 Å². The molecule has 8 rings (SSSR count). The number of rotatable bonds is 5. The summed E-state index contributed by atoms with van der Waals surface area (Å²) in [5, 5.41) is 1.16. The Morgan fingerprint density at radius 3 is 1.11 bits per heavy atom. The van der Waals surface area contributed by atoms with E-state index in [0.29, 0.717) is 21.9 Å². The minimum absolute atomic E-state index is 0.0231. The summed E-state index contributed by atoms with van der Waals surface area (Å²) in [6.45, 7) is 0. The fraction of sp³-hybridized carbons (Fsp3) is 0. The van der Waals surface area contributed by atoms with Gasteiger partial charge < -0.3 is 4.42 Å². The summed E-state index contributed by atoms with van der Waals surface area (Å²) in [4.78, 5) is 13.8. The van der Waals surface area contributed by atoms with Crippen molar-refractivity contribution >= 4 is 21.9 Å². The normalized spacial score (nSPS) is 11.2. The maximum Gasteiger partial charge on any atom is 0.200 e. The van der Waals surface area contributed by atoms with Crippen molar-refractivity contribution in [2.75, 3.05) is 0 Å². The van der Waals surface area contributed by atoms with Crippen molar-refractivity contribution in [3.63, 3.8) is 0 Å². The van der Waals surface area contributed by atoms with Crippen molar-refractivity contribution in [3.05, 3.63) is 180 Å². The molecular formula is C43H28O2. The molecule has 0 atom stereocenters. The Balaban J connectivity index is 1.23. The molecular weight excluding hydrogens is 548 g/mol. The van der Waals surface area contributed by atoms with Crippen LogP contribution in [0, 0.1) is 0 Å². The maximum atomic E-state index is 13.8. The van der Waals surface area contributed by atoms with Gasteiger partial charge in [0.2, 0.25) is 5.43 Å². The van der Waals surface area contributed by atoms with Crippen LogP contribution in [0.2, 0.25) is 0 Å². The smallest absolute Gasteiger partial charge is 0.200 e. The van der Waals surface area contributed by atoms with Crippen molar-refractivity contribution in [2.24, 2.45) is 0 Å². The summed E-state index contributed by atoms with van der Waals surface area (Å²) in [5.41, 5.74) is 12.2. The average Bonchev–Trinajstić information content (AvgIpc) is 3.12. The predicted octanol–water partition coefficient (Wildman–Crippen LogP) is 11.3. The molecule has 1 aromatic heterocycles. The molecule has 0 fully saturated rings. The Morgan fingerprint density at radius 1 is 0.289 bits per heavy atom. The number of fused-ring (bicyclic) bond motifs is 2. The van der Waals surface area contributed by atoms with Crippen LogP contribution >= 0.6 is 0 Å². The van der Waals surface area contributed by atoms with E-state index in [1.54, 1.807) is 0 Å². The van der Waals surface area contributed by atoms with E-state index in [0.717, 1.165) is 33.4 Å². The molecule has 1 heterocycles. The Labute approximate surface area is 261 Å². The summed E-state index contributed by atoms with van der Waals surface area (Å²) >= 11 is 0. The minimum atomic E-state index is -0.0231. The molecule has 0 spiro atoms. The first kappa shape index (κ1) is 26.6. The van der Waals surface area contributed by atoms with Gasteiger partial charge in [-0.15, -0.1) is 0 Å². The van der Waals surface area contributed by atoms with Crippen molar-refractivity contribution < 1.29 is 4.42 Å². The molecule has 0 saturated carbocycles. The second-order valence-corrected chi connectivity index (χ2v) is 11.3. The lowest BCUT2D eigenvalue weighted by Crippen LogP contribution is -2.02. The van der Waals surface area contributed by atoms with Crippen LogP contribution in [0.15, 0.2) is 179 Å². The Bertz CT molecular complexity index is 2310. The van der Waals surface area contributed by atoms with E-state index < -0.39 is 0 Å². The van der Waals surface area contributed by atoms with E-state index in [9.17, 15) is 4.79 Å². The lowest BCUT2D eigenvalue weighted by molar-refractivity contribution is 0.660. The van der Waals surface area contributed by atoms with E-state index >= 15 is 0 Å². The molecule has 0 saturated heterocycles. The Kier molecular flexibility index (Phi) is 6.66. The lowest BCUT2D eigenvalue weighted by Gasteiger charge is -2.12. The first-order valence-corrected chi connectivity index (χ1v) is 15.1. The molecule has 212 valence electrons. The molecule has 0 unspecified atom stereocenters. The standard InChI is InChI=1S/C43H28O2/c44-43-39-27-34(29-11-4-1-5-12-29)19-21-41(39)45-42-22-20-35(28-40(42)43)32-17-10-18-33(23-32)38-25-36(30-13-6-2-7-14-30)24-37(26-38)31-15-8-3-9-16-31/h1-28H. The second-order valence-electron chi connectivity index (χ2n) is 11.3. The number of hydrogen-bond donors (Lipinski definition) is 0. The van der Waals surface area contributed by atoms with Crippen molar-refractivity contribution in [1.82, 2.24) is 0 Å². The van der Waals surface area contributed by atoms with Crippen LogP contribution in [-0.4, -0.2) is 0 Å². The second kappa shape index (κ2) is 11.3. The zero-order chi connectivity index (χ0) is 30.2. The zero-order valence-corrected chi connectivity index (χ0v) is 24.5. The van der Waals surface area contributed by atoms with Gasteiger partial charge in [0.1, 0.15) is 11.2 Å². The van der Waals surface area contributed by atoms with E-state index in [-0.39, 0.29) is 5.43 Å². The Morgan fingerprint density at radius 2 is 0.622 bits per heavy atom. The van der Waals surface area contributed by atoms with Gasteiger partial charge in [0.25, 0.3) is 0 Å². The largest absolute Gasteiger partial charge is 0.456 e. The highest BCUT2D eigenvalue weighted by atomic mass is 16.3. The van der Waals surface area contributed by atoms with Crippen LogP contribution in [-0.2, 0) is 0 Å². The van der Waals surface area contributed by atoms with Crippen molar-refractivity contribution in [1.29, 1.82) is 0 Å². The van der Waals surface area contributed by atoms with Crippen LogP contribution in [0.1, 0.15) is 0 Å². The molecule has 0 aliphatic heterocycles. The van der Waals surface area contributed by atoms with Crippen LogP contribution in [0.3, 0.4) is 0 Å².